The van der Waals surface area contributed by atoms with Crippen LogP contribution >= 0.6 is 8.58 Å². The predicted octanol–water partition coefficient (Wildman–Crippen LogP) is 2.44. The summed E-state index contributed by atoms with van der Waals surface area (Å²) in [6.07, 6.45) is 0. The van der Waals surface area contributed by atoms with Crippen LogP contribution in [0.1, 0.15) is 0 Å². The van der Waals surface area contributed by atoms with Gasteiger partial charge < -0.3 is 0 Å². The van der Waals surface area contributed by atoms with Crippen LogP contribution in [-0.4, -0.2) is 20.5 Å². The zero-order chi connectivity index (χ0) is 5.91. The molecule has 0 atom stereocenters. The van der Waals surface area contributed by atoms with Gasteiger partial charge in [-0.2, -0.15) is 0 Å². The topological polar surface area (TPSA) is 0 Å². The molecule has 0 aliphatic carbocycles. The van der Waals surface area contributed by atoms with Crippen molar-refractivity contribution in [2.24, 2.45) is 0 Å². The fraction of sp³-hybridized carbons (Fsp3) is 1.00. The molecule has 0 nitrogen and oxygen atoms in total. The van der Waals surface area contributed by atoms with E-state index in [2.05, 4.69) is 26.3 Å². The SMILES string of the molecule is C[P]C[Si](C)(C)C. The molecule has 0 fully saturated rings. The van der Waals surface area contributed by atoms with Gasteiger partial charge in [0.15, 0.2) is 0 Å². The van der Waals surface area contributed by atoms with E-state index in [1.54, 1.807) is 8.58 Å². The first kappa shape index (κ1) is 7.65. The maximum absolute atomic E-state index is 2.41. The van der Waals surface area contributed by atoms with Crippen LogP contribution in [0.3, 0.4) is 0 Å². The highest BCUT2D eigenvalue weighted by Crippen LogP contribution is 2.12. The molecule has 0 rings (SSSR count). The highest BCUT2D eigenvalue weighted by atomic mass is 31.1. The van der Waals surface area contributed by atoms with Crippen molar-refractivity contribution in [2.75, 3.05) is 12.5 Å². The minimum absolute atomic E-state index is 0.670. The molecule has 0 saturated heterocycles. The molecular formula is C5H14PSi. The lowest BCUT2D eigenvalue weighted by Crippen LogP contribution is -2.22. The van der Waals surface area contributed by atoms with Crippen molar-refractivity contribution in [2.45, 2.75) is 19.6 Å². The largest absolute Gasteiger partial charge is 0.0874 e. The predicted molar refractivity (Wildman–Crippen MR) is 41.1 cm³/mol. The minimum Gasteiger partial charge on any atom is -0.0874 e. The average Bonchev–Trinajstić information content (AvgIpc) is 1.30. The van der Waals surface area contributed by atoms with Crippen LogP contribution in [0.4, 0.5) is 0 Å². The Kier molecular flexibility index (Phi) is 3.10. The van der Waals surface area contributed by atoms with Crippen molar-refractivity contribution in [3.63, 3.8) is 0 Å². The fourth-order valence-electron chi connectivity index (χ4n) is 0.474. The van der Waals surface area contributed by atoms with Gasteiger partial charge in [-0.3, -0.25) is 0 Å². The molecule has 0 unspecified atom stereocenters. The highest BCUT2D eigenvalue weighted by molar-refractivity contribution is 7.41. The zero-order valence-corrected chi connectivity index (χ0v) is 7.55. The Labute approximate surface area is 49.5 Å². The van der Waals surface area contributed by atoms with E-state index < -0.39 is 8.07 Å². The van der Waals surface area contributed by atoms with Gasteiger partial charge in [-0.1, -0.05) is 28.2 Å². The van der Waals surface area contributed by atoms with E-state index in [1.165, 1.54) is 5.79 Å². The van der Waals surface area contributed by atoms with Crippen molar-refractivity contribution >= 4 is 16.7 Å². The Bertz CT molecular complexity index is 46.5. The van der Waals surface area contributed by atoms with Crippen LogP contribution < -0.4 is 0 Å². The Morgan fingerprint density at radius 1 is 1.29 bits per heavy atom. The summed E-state index contributed by atoms with van der Waals surface area (Å²) in [6, 6.07) is 0. The smallest absolute Gasteiger partial charge is 0.0489 e. The third-order valence-electron chi connectivity index (χ3n) is 0.632. The van der Waals surface area contributed by atoms with Gasteiger partial charge in [0, 0.05) is 8.07 Å². The second-order valence-electron chi connectivity index (χ2n) is 3.04. The molecule has 0 aliphatic heterocycles. The molecule has 1 radical (unpaired) electrons. The average molecular weight is 133 g/mol. The van der Waals surface area contributed by atoms with E-state index in [0.717, 1.165) is 0 Å². The Morgan fingerprint density at radius 3 is 1.71 bits per heavy atom. The Morgan fingerprint density at radius 2 is 1.71 bits per heavy atom. The van der Waals surface area contributed by atoms with E-state index in [1.807, 2.05) is 0 Å². The van der Waals surface area contributed by atoms with E-state index in [9.17, 15) is 0 Å². The maximum Gasteiger partial charge on any atom is 0.0489 e. The minimum atomic E-state index is -0.670. The second kappa shape index (κ2) is 2.83. The Balaban J connectivity index is 3.15. The Hall–Kier alpha value is 0.647. The summed E-state index contributed by atoms with van der Waals surface area (Å²) in [5.41, 5.74) is 0. The molecule has 0 amide bonds. The summed E-state index contributed by atoms with van der Waals surface area (Å²) in [5, 5.41) is 0. The fourth-order valence-corrected chi connectivity index (χ4v) is 4.27. The van der Waals surface area contributed by atoms with Crippen molar-refractivity contribution in [3.05, 3.63) is 0 Å². The first-order valence-corrected chi connectivity index (χ1v) is 7.85. The number of hydrogen-bond acceptors (Lipinski definition) is 0. The molecule has 0 aromatic rings. The van der Waals surface area contributed by atoms with Crippen LogP contribution in [0.15, 0.2) is 0 Å². The second-order valence-corrected chi connectivity index (χ2v) is 10.1. The standard InChI is InChI=1S/C5H14PSi/c1-6-5-7(2,3)4/h5H2,1-4H3. The molecule has 7 heavy (non-hydrogen) atoms. The summed E-state index contributed by atoms with van der Waals surface area (Å²) in [5.74, 6) is 1.45. The lowest BCUT2D eigenvalue weighted by atomic mass is 11.7. The molecule has 0 spiro atoms. The molecule has 0 aliphatic rings. The van der Waals surface area contributed by atoms with Gasteiger partial charge in [-0.25, -0.2) is 0 Å². The zero-order valence-electron chi connectivity index (χ0n) is 5.65. The van der Waals surface area contributed by atoms with E-state index >= 15 is 0 Å². The van der Waals surface area contributed by atoms with Crippen LogP contribution in [0.25, 0.3) is 0 Å². The van der Waals surface area contributed by atoms with Crippen LogP contribution in [0.2, 0.25) is 19.6 Å². The van der Waals surface area contributed by atoms with Gasteiger partial charge in [-0.05, 0) is 12.5 Å². The van der Waals surface area contributed by atoms with Gasteiger partial charge in [0.25, 0.3) is 0 Å². The van der Waals surface area contributed by atoms with Gasteiger partial charge in [-0.15, -0.1) is 0 Å². The molecule has 0 N–H and O–H groups in total. The first-order valence-electron chi connectivity index (χ1n) is 2.62. The third kappa shape index (κ3) is 6.65. The summed E-state index contributed by atoms with van der Waals surface area (Å²) >= 11 is 0. The molecule has 0 aromatic carbocycles. The molecule has 43 valence electrons. The van der Waals surface area contributed by atoms with Crippen molar-refractivity contribution in [1.29, 1.82) is 0 Å². The summed E-state index contributed by atoms with van der Waals surface area (Å²) in [6.45, 7) is 9.45. The van der Waals surface area contributed by atoms with Gasteiger partial charge in [0.05, 0.1) is 0 Å². The van der Waals surface area contributed by atoms with E-state index in [0.29, 0.717) is 0 Å². The molecule has 0 bridgehead atoms. The van der Waals surface area contributed by atoms with E-state index in [4.69, 9.17) is 0 Å². The van der Waals surface area contributed by atoms with Crippen LogP contribution in [0.5, 0.6) is 0 Å². The lowest BCUT2D eigenvalue weighted by molar-refractivity contribution is 1.67. The van der Waals surface area contributed by atoms with Crippen LogP contribution in [0, 0.1) is 0 Å². The summed E-state index contributed by atoms with van der Waals surface area (Å²) < 4.78 is 0. The highest BCUT2D eigenvalue weighted by Gasteiger charge is 2.09. The molecule has 0 saturated carbocycles. The number of hydrogen-bond donors (Lipinski definition) is 0. The molecule has 2 heteroatoms. The quantitative estimate of drug-likeness (QED) is 0.401. The lowest BCUT2D eigenvalue weighted by Gasteiger charge is -2.11. The molecule has 0 aromatic heterocycles. The van der Waals surface area contributed by atoms with Gasteiger partial charge in [0.2, 0.25) is 0 Å². The van der Waals surface area contributed by atoms with Crippen molar-refractivity contribution < 1.29 is 0 Å². The maximum atomic E-state index is 2.41. The molecule has 0 heterocycles. The first-order chi connectivity index (χ1) is 3.06. The van der Waals surface area contributed by atoms with Crippen LogP contribution in [-0.2, 0) is 0 Å². The molecular weight excluding hydrogens is 119 g/mol. The van der Waals surface area contributed by atoms with Gasteiger partial charge >= 0.3 is 0 Å². The monoisotopic (exact) mass is 133 g/mol. The van der Waals surface area contributed by atoms with Gasteiger partial charge in [0.1, 0.15) is 0 Å². The summed E-state index contributed by atoms with van der Waals surface area (Å²) in [4.78, 5) is 0. The number of rotatable bonds is 2. The van der Waals surface area contributed by atoms with Crippen molar-refractivity contribution in [3.8, 4) is 0 Å². The van der Waals surface area contributed by atoms with Crippen molar-refractivity contribution in [1.82, 2.24) is 0 Å². The van der Waals surface area contributed by atoms with E-state index in [-0.39, 0.29) is 0 Å². The third-order valence-corrected chi connectivity index (χ3v) is 5.69. The summed E-state index contributed by atoms with van der Waals surface area (Å²) in [7, 11) is 0.901. The normalized spacial score (nSPS) is 13.7.